The van der Waals surface area contributed by atoms with Gasteiger partial charge in [0.1, 0.15) is 11.6 Å². The van der Waals surface area contributed by atoms with Gasteiger partial charge in [0.05, 0.1) is 23.2 Å². The summed E-state index contributed by atoms with van der Waals surface area (Å²) in [5, 5.41) is 9.88. The Morgan fingerprint density at radius 1 is 1.38 bits per heavy atom. The lowest BCUT2D eigenvalue weighted by Crippen LogP contribution is -2.17. The zero-order chi connectivity index (χ0) is 14.8. The first-order valence-electron chi connectivity index (χ1n) is 7.05. The minimum Gasteiger partial charge on any atom is -0.511 e. The summed E-state index contributed by atoms with van der Waals surface area (Å²) in [6.45, 7) is 2.13. The highest BCUT2D eigenvalue weighted by atomic mass is 16.3. The Balaban J connectivity index is 1.83. The third-order valence-corrected chi connectivity index (χ3v) is 3.65. The van der Waals surface area contributed by atoms with E-state index >= 15 is 0 Å². The fourth-order valence-corrected chi connectivity index (χ4v) is 2.59. The summed E-state index contributed by atoms with van der Waals surface area (Å²) in [6.07, 6.45) is 1.75. The number of nitrogens with zero attached hydrogens (tertiary/aromatic N) is 2. The summed E-state index contributed by atoms with van der Waals surface area (Å²) in [5.41, 5.74) is 2.84. The zero-order valence-electron chi connectivity index (χ0n) is 11.9. The normalized spacial score (nSPS) is 16.8. The maximum absolute atomic E-state index is 11.9. The summed E-state index contributed by atoms with van der Waals surface area (Å²) in [6, 6.07) is 7.78. The SMILES string of the molecule is CC(=NCc1nc2ccccc2[nH]1)C1=C(O)CCCC1=O. The van der Waals surface area contributed by atoms with Crippen molar-refractivity contribution in [1.82, 2.24) is 9.97 Å². The highest BCUT2D eigenvalue weighted by Gasteiger charge is 2.22. The van der Waals surface area contributed by atoms with E-state index in [0.29, 0.717) is 37.1 Å². The molecule has 0 radical (unpaired) electrons. The van der Waals surface area contributed by atoms with Crippen LogP contribution in [0.25, 0.3) is 11.0 Å². The molecule has 1 aromatic carbocycles. The Morgan fingerprint density at radius 2 is 2.19 bits per heavy atom. The maximum atomic E-state index is 11.9. The number of H-pyrrole nitrogens is 1. The molecule has 5 nitrogen and oxygen atoms in total. The second-order valence-corrected chi connectivity index (χ2v) is 5.20. The Morgan fingerprint density at radius 3 is 2.95 bits per heavy atom. The number of benzene rings is 1. The summed E-state index contributed by atoms with van der Waals surface area (Å²) in [4.78, 5) is 23.9. The van der Waals surface area contributed by atoms with E-state index in [1.165, 1.54) is 0 Å². The minimum atomic E-state index is -0.0235. The number of fused-ring (bicyclic) bond motifs is 1. The number of carbonyl (C=O) groups is 1. The number of Topliss-reactive ketones (excluding diaryl/α,β-unsaturated/α-hetero) is 1. The van der Waals surface area contributed by atoms with Crippen LogP contribution in [0, 0.1) is 0 Å². The van der Waals surface area contributed by atoms with Gasteiger partial charge in [-0.3, -0.25) is 9.79 Å². The van der Waals surface area contributed by atoms with Gasteiger partial charge in [0, 0.05) is 18.6 Å². The fraction of sp³-hybridized carbons (Fsp3) is 0.312. The summed E-state index contributed by atoms with van der Waals surface area (Å²) in [5.74, 6) is 0.889. The zero-order valence-corrected chi connectivity index (χ0v) is 11.9. The smallest absolute Gasteiger partial charge is 0.168 e. The van der Waals surface area contributed by atoms with E-state index in [0.717, 1.165) is 16.9 Å². The van der Waals surface area contributed by atoms with E-state index in [9.17, 15) is 9.90 Å². The van der Waals surface area contributed by atoms with Crippen molar-refractivity contribution in [1.29, 1.82) is 0 Å². The molecule has 0 atom stereocenters. The van der Waals surface area contributed by atoms with Crippen molar-refractivity contribution < 1.29 is 9.90 Å². The molecule has 0 saturated heterocycles. The number of aromatic nitrogens is 2. The third-order valence-electron chi connectivity index (χ3n) is 3.65. The van der Waals surface area contributed by atoms with Crippen molar-refractivity contribution in [3.63, 3.8) is 0 Å². The number of allylic oxidation sites excluding steroid dienone is 2. The lowest BCUT2D eigenvalue weighted by Gasteiger charge is -2.14. The molecular formula is C16H17N3O2. The molecule has 0 bridgehead atoms. The van der Waals surface area contributed by atoms with Gasteiger partial charge >= 0.3 is 0 Å². The van der Waals surface area contributed by atoms with Gasteiger partial charge in [-0.15, -0.1) is 0 Å². The summed E-state index contributed by atoms with van der Waals surface area (Å²) < 4.78 is 0. The number of aliphatic hydroxyl groups excluding tert-OH is 1. The molecule has 0 spiro atoms. The van der Waals surface area contributed by atoms with Crippen LogP contribution < -0.4 is 0 Å². The molecule has 0 saturated carbocycles. The van der Waals surface area contributed by atoms with Crippen LogP contribution >= 0.6 is 0 Å². The maximum Gasteiger partial charge on any atom is 0.168 e. The molecule has 1 aliphatic carbocycles. The van der Waals surface area contributed by atoms with Crippen LogP contribution in [0.1, 0.15) is 32.0 Å². The van der Waals surface area contributed by atoms with E-state index < -0.39 is 0 Å². The molecular weight excluding hydrogens is 266 g/mol. The van der Waals surface area contributed by atoms with Gasteiger partial charge in [0.15, 0.2) is 5.78 Å². The standard InChI is InChI=1S/C16H17N3O2/c1-10(16-13(20)7-4-8-14(16)21)17-9-15-18-11-5-2-3-6-12(11)19-15/h2-3,5-6,20H,4,7-9H2,1H3,(H,18,19). The molecule has 3 rings (SSSR count). The molecule has 2 aromatic rings. The fourth-order valence-electron chi connectivity index (χ4n) is 2.59. The first-order valence-corrected chi connectivity index (χ1v) is 7.05. The van der Waals surface area contributed by atoms with E-state index in [2.05, 4.69) is 15.0 Å². The summed E-state index contributed by atoms with van der Waals surface area (Å²) in [7, 11) is 0. The summed E-state index contributed by atoms with van der Waals surface area (Å²) >= 11 is 0. The first-order chi connectivity index (χ1) is 10.1. The van der Waals surface area contributed by atoms with Gasteiger partial charge in [-0.2, -0.15) is 0 Å². The predicted molar refractivity (Wildman–Crippen MR) is 81.4 cm³/mol. The topological polar surface area (TPSA) is 78.3 Å². The van der Waals surface area contributed by atoms with Crippen molar-refractivity contribution in [2.45, 2.75) is 32.7 Å². The molecule has 5 heteroatoms. The molecule has 1 aliphatic rings. The van der Waals surface area contributed by atoms with Crippen LogP contribution in [-0.2, 0) is 11.3 Å². The molecule has 0 unspecified atom stereocenters. The van der Waals surface area contributed by atoms with Crippen LogP contribution in [0.5, 0.6) is 0 Å². The molecule has 0 fully saturated rings. The quantitative estimate of drug-likeness (QED) is 0.850. The number of aliphatic imine (C=N–C) groups is 1. The number of carbonyl (C=O) groups excluding carboxylic acids is 1. The van der Waals surface area contributed by atoms with Crippen molar-refractivity contribution in [2.24, 2.45) is 4.99 Å². The lowest BCUT2D eigenvalue weighted by molar-refractivity contribution is -0.115. The first kappa shape index (κ1) is 13.5. The number of rotatable bonds is 3. The number of ketones is 1. The van der Waals surface area contributed by atoms with E-state index in [4.69, 9.17) is 0 Å². The van der Waals surface area contributed by atoms with Crippen molar-refractivity contribution in [3.8, 4) is 0 Å². The Kier molecular flexibility index (Phi) is 3.56. The molecule has 1 aromatic heterocycles. The number of hydrogen-bond acceptors (Lipinski definition) is 4. The number of aromatic amines is 1. The van der Waals surface area contributed by atoms with Crippen LogP contribution in [0.2, 0.25) is 0 Å². The Labute approximate surface area is 122 Å². The van der Waals surface area contributed by atoms with Crippen molar-refractivity contribution in [3.05, 3.63) is 41.4 Å². The van der Waals surface area contributed by atoms with Crippen LogP contribution in [0.15, 0.2) is 40.6 Å². The van der Waals surface area contributed by atoms with E-state index in [1.54, 1.807) is 6.92 Å². The highest BCUT2D eigenvalue weighted by Crippen LogP contribution is 2.21. The van der Waals surface area contributed by atoms with E-state index in [-0.39, 0.29) is 11.5 Å². The number of imidazole rings is 1. The van der Waals surface area contributed by atoms with Crippen molar-refractivity contribution >= 4 is 22.5 Å². The number of hydrogen-bond donors (Lipinski definition) is 2. The van der Waals surface area contributed by atoms with Gasteiger partial charge in [0.2, 0.25) is 0 Å². The molecule has 2 N–H and O–H groups in total. The van der Waals surface area contributed by atoms with Crippen LogP contribution in [0.3, 0.4) is 0 Å². The lowest BCUT2D eigenvalue weighted by atomic mass is 9.93. The molecule has 21 heavy (non-hydrogen) atoms. The van der Waals surface area contributed by atoms with Crippen LogP contribution in [-0.4, -0.2) is 26.6 Å². The molecule has 0 aliphatic heterocycles. The highest BCUT2D eigenvalue weighted by molar-refractivity contribution is 6.22. The second-order valence-electron chi connectivity index (χ2n) is 5.20. The van der Waals surface area contributed by atoms with Crippen LogP contribution in [0.4, 0.5) is 0 Å². The number of para-hydroxylation sites is 2. The average molecular weight is 283 g/mol. The number of nitrogens with one attached hydrogen (secondary N) is 1. The largest absolute Gasteiger partial charge is 0.511 e. The van der Waals surface area contributed by atoms with Gasteiger partial charge in [0.25, 0.3) is 0 Å². The molecule has 1 heterocycles. The second kappa shape index (κ2) is 5.52. The van der Waals surface area contributed by atoms with Gasteiger partial charge in [-0.25, -0.2) is 4.98 Å². The predicted octanol–water partition coefficient (Wildman–Crippen LogP) is 3.09. The number of aliphatic hydroxyl groups is 1. The van der Waals surface area contributed by atoms with Crippen molar-refractivity contribution in [2.75, 3.05) is 0 Å². The van der Waals surface area contributed by atoms with E-state index in [1.807, 2.05) is 24.3 Å². The Bertz CT molecular complexity index is 723. The average Bonchev–Trinajstić information content (AvgIpc) is 2.87. The third kappa shape index (κ3) is 2.72. The molecule has 0 amide bonds. The molecule has 108 valence electrons. The van der Waals surface area contributed by atoms with Gasteiger partial charge in [-0.05, 0) is 25.5 Å². The van der Waals surface area contributed by atoms with Gasteiger partial charge < -0.3 is 10.1 Å². The monoisotopic (exact) mass is 283 g/mol. The minimum absolute atomic E-state index is 0.0235. The Hall–Kier alpha value is -2.43. The van der Waals surface area contributed by atoms with Gasteiger partial charge in [-0.1, -0.05) is 12.1 Å².